The maximum absolute atomic E-state index is 12.2. The molecule has 23 heavy (non-hydrogen) atoms. The second kappa shape index (κ2) is 7.14. The van der Waals surface area contributed by atoms with Gasteiger partial charge in [-0.3, -0.25) is 9.59 Å². The van der Waals surface area contributed by atoms with Crippen LogP contribution < -0.4 is 11.1 Å². The molecule has 1 aromatic rings. The minimum atomic E-state index is -0.608. The highest BCUT2D eigenvalue weighted by Crippen LogP contribution is 2.33. The number of aliphatic imine (C=N–C) groups is 1. The van der Waals surface area contributed by atoms with Gasteiger partial charge in [0.05, 0.1) is 12.2 Å². The van der Waals surface area contributed by atoms with E-state index in [1.807, 2.05) is 6.92 Å². The van der Waals surface area contributed by atoms with Gasteiger partial charge in [-0.1, -0.05) is 11.8 Å². The average molecular weight is 355 g/mol. The van der Waals surface area contributed by atoms with Gasteiger partial charge in [-0.05, 0) is 26.3 Å². The lowest BCUT2D eigenvalue weighted by Crippen LogP contribution is -2.22. The van der Waals surface area contributed by atoms with Crippen molar-refractivity contribution in [1.29, 1.82) is 0 Å². The van der Waals surface area contributed by atoms with E-state index in [9.17, 15) is 14.4 Å². The number of carbonyl (C=O) groups excluding carboxylic acids is 3. The molecule has 0 saturated heterocycles. The molecule has 1 aliphatic rings. The topological polar surface area (TPSA) is 111 Å². The summed E-state index contributed by atoms with van der Waals surface area (Å²) in [6.07, 6.45) is -0.0496. The molecule has 0 spiro atoms. The van der Waals surface area contributed by atoms with Gasteiger partial charge in [-0.25, -0.2) is 4.79 Å². The summed E-state index contributed by atoms with van der Waals surface area (Å²) in [5.74, 6) is -1.25. The van der Waals surface area contributed by atoms with E-state index >= 15 is 0 Å². The summed E-state index contributed by atoms with van der Waals surface area (Å²) in [7, 11) is 0. The third-order valence-electron chi connectivity index (χ3n) is 3.25. The zero-order chi connectivity index (χ0) is 17.1. The number of rotatable bonds is 5. The highest BCUT2D eigenvalue weighted by Gasteiger charge is 2.30. The van der Waals surface area contributed by atoms with Crippen LogP contribution in [-0.2, 0) is 14.3 Å². The number of esters is 1. The lowest BCUT2D eigenvalue weighted by atomic mass is 10.1. The Kier molecular flexibility index (Phi) is 5.42. The van der Waals surface area contributed by atoms with Gasteiger partial charge in [0.25, 0.3) is 5.91 Å². The van der Waals surface area contributed by atoms with Gasteiger partial charge in [0, 0.05) is 11.3 Å². The molecule has 1 aromatic heterocycles. The third kappa shape index (κ3) is 3.91. The summed E-state index contributed by atoms with van der Waals surface area (Å²) in [6.45, 7) is 5.64. The minimum Gasteiger partial charge on any atom is -0.462 e. The molecule has 0 saturated carbocycles. The first-order chi connectivity index (χ1) is 10.8. The van der Waals surface area contributed by atoms with Crippen LogP contribution in [0.3, 0.4) is 0 Å². The average Bonchev–Trinajstić information content (AvgIpc) is 2.90. The smallest absolute Gasteiger partial charge is 0.341 e. The quantitative estimate of drug-likeness (QED) is 0.780. The molecule has 124 valence electrons. The van der Waals surface area contributed by atoms with Crippen LogP contribution in [0.1, 0.15) is 34.1 Å². The number of nitrogens with two attached hydrogens (primary N) is 1. The van der Waals surface area contributed by atoms with Crippen molar-refractivity contribution in [2.45, 2.75) is 32.4 Å². The highest BCUT2D eigenvalue weighted by molar-refractivity contribution is 8.15. The second-order valence-corrected chi connectivity index (χ2v) is 7.30. The Labute approximate surface area is 141 Å². The molecule has 7 nitrogen and oxygen atoms in total. The Morgan fingerprint density at radius 3 is 2.65 bits per heavy atom. The number of thiophene rings is 1. The Morgan fingerprint density at radius 1 is 1.39 bits per heavy atom. The summed E-state index contributed by atoms with van der Waals surface area (Å²) < 4.78 is 5.03. The van der Waals surface area contributed by atoms with E-state index in [1.165, 1.54) is 11.3 Å². The van der Waals surface area contributed by atoms with E-state index in [0.717, 1.165) is 22.2 Å². The molecule has 2 amide bonds. The molecule has 3 N–H and O–H groups in total. The minimum absolute atomic E-state index is 0.0496. The van der Waals surface area contributed by atoms with Crippen molar-refractivity contribution in [3.63, 3.8) is 0 Å². The van der Waals surface area contributed by atoms with Crippen molar-refractivity contribution < 1.29 is 19.1 Å². The van der Waals surface area contributed by atoms with Crippen molar-refractivity contribution in [3.8, 4) is 0 Å². The predicted octanol–water partition coefficient (Wildman–Crippen LogP) is 1.83. The molecule has 0 fully saturated rings. The molecule has 0 aromatic carbocycles. The first kappa shape index (κ1) is 17.5. The first-order valence-electron chi connectivity index (χ1n) is 6.95. The van der Waals surface area contributed by atoms with Gasteiger partial charge >= 0.3 is 5.97 Å². The fourth-order valence-corrected chi connectivity index (χ4v) is 3.93. The van der Waals surface area contributed by atoms with E-state index in [-0.39, 0.29) is 24.1 Å². The standard InChI is InChI=1S/C14H17N3O4S2/c1-4-21-13(20)10-6(2)7(3)22-12(10)16-9(18)5-8-11(19)17-14(15)23-8/h8H,4-5H2,1-3H3,(H,16,18)(H2,15,17,19)/t8-/m0/s1. The van der Waals surface area contributed by atoms with Crippen LogP contribution in [0.4, 0.5) is 5.00 Å². The Morgan fingerprint density at radius 2 is 2.09 bits per heavy atom. The van der Waals surface area contributed by atoms with E-state index in [4.69, 9.17) is 10.5 Å². The Bertz CT molecular complexity index is 696. The largest absolute Gasteiger partial charge is 0.462 e. The zero-order valence-electron chi connectivity index (χ0n) is 13.0. The van der Waals surface area contributed by atoms with E-state index in [2.05, 4.69) is 10.3 Å². The van der Waals surface area contributed by atoms with E-state index < -0.39 is 17.1 Å². The van der Waals surface area contributed by atoms with Crippen LogP contribution in [0.5, 0.6) is 0 Å². The first-order valence-corrected chi connectivity index (χ1v) is 8.64. The van der Waals surface area contributed by atoms with Crippen molar-refractivity contribution in [2.24, 2.45) is 10.7 Å². The second-order valence-electron chi connectivity index (χ2n) is 4.85. The predicted molar refractivity (Wildman–Crippen MR) is 91.0 cm³/mol. The van der Waals surface area contributed by atoms with Crippen molar-refractivity contribution in [3.05, 3.63) is 16.0 Å². The van der Waals surface area contributed by atoms with Crippen LogP contribution >= 0.6 is 23.1 Å². The molecular weight excluding hydrogens is 338 g/mol. The molecule has 0 radical (unpaired) electrons. The normalized spacial score (nSPS) is 17.1. The number of nitrogens with one attached hydrogen (secondary N) is 1. The molecule has 1 aliphatic heterocycles. The molecule has 0 aliphatic carbocycles. The number of aryl methyl sites for hydroxylation is 1. The van der Waals surface area contributed by atoms with Crippen LogP contribution in [0.25, 0.3) is 0 Å². The van der Waals surface area contributed by atoms with Gasteiger partial charge < -0.3 is 15.8 Å². The number of ether oxygens (including phenoxy) is 1. The molecule has 1 atom stereocenters. The molecule has 2 heterocycles. The lowest BCUT2D eigenvalue weighted by molar-refractivity contribution is -0.121. The number of nitrogens with zero attached hydrogens (tertiary/aromatic N) is 1. The summed E-state index contributed by atoms with van der Waals surface area (Å²) in [5.41, 5.74) is 6.61. The highest BCUT2D eigenvalue weighted by atomic mass is 32.2. The SMILES string of the molecule is CCOC(=O)c1c(NC(=O)C[C@@H]2SC(N)=NC2=O)sc(C)c1C. The monoisotopic (exact) mass is 355 g/mol. The Hall–Kier alpha value is -1.87. The van der Waals surface area contributed by atoms with Gasteiger partial charge in [-0.15, -0.1) is 11.3 Å². The molecule has 9 heteroatoms. The van der Waals surface area contributed by atoms with Crippen LogP contribution in [-0.4, -0.2) is 34.8 Å². The number of hydrogen-bond donors (Lipinski definition) is 2. The molecular formula is C14H17N3O4S2. The van der Waals surface area contributed by atoms with Gasteiger partial charge in [0.15, 0.2) is 5.17 Å². The number of hydrogen-bond acceptors (Lipinski definition) is 7. The lowest BCUT2D eigenvalue weighted by Gasteiger charge is -2.09. The summed E-state index contributed by atoms with van der Waals surface area (Å²) in [5, 5.41) is 2.69. The summed E-state index contributed by atoms with van der Waals surface area (Å²) >= 11 is 2.37. The molecule has 2 rings (SSSR count). The molecule has 0 unspecified atom stereocenters. The van der Waals surface area contributed by atoms with E-state index in [1.54, 1.807) is 13.8 Å². The maximum Gasteiger partial charge on any atom is 0.341 e. The van der Waals surface area contributed by atoms with Crippen LogP contribution in [0, 0.1) is 13.8 Å². The fourth-order valence-electron chi connectivity index (χ4n) is 2.04. The number of thioether (sulfide) groups is 1. The van der Waals surface area contributed by atoms with Crippen molar-refractivity contribution in [2.75, 3.05) is 11.9 Å². The zero-order valence-corrected chi connectivity index (χ0v) is 14.6. The van der Waals surface area contributed by atoms with Gasteiger partial charge in [0.1, 0.15) is 10.3 Å². The van der Waals surface area contributed by atoms with Crippen LogP contribution in [0.15, 0.2) is 4.99 Å². The van der Waals surface area contributed by atoms with Gasteiger partial charge in [-0.2, -0.15) is 4.99 Å². The fraction of sp³-hybridized carbons (Fsp3) is 0.429. The Balaban J connectivity index is 2.11. The number of carbonyl (C=O) groups is 3. The van der Waals surface area contributed by atoms with Crippen molar-refractivity contribution in [1.82, 2.24) is 0 Å². The van der Waals surface area contributed by atoms with Crippen LogP contribution in [0.2, 0.25) is 0 Å². The summed E-state index contributed by atoms with van der Waals surface area (Å²) in [6, 6.07) is 0. The van der Waals surface area contributed by atoms with Gasteiger partial charge in [0.2, 0.25) is 5.91 Å². The molecule has 0 bridgehead atoms. The number of amidine groups is 1. The number of amides is 2. The maximum atomic E-state index is 12.2. The van der Waals surface area contributed by atoms with E-state index in [0.29, 0.717) is 10.6 Å². The summed E-state index contributed by atoms with van der Waals surface area (Å²) in [4.78, 5) is 40.3. The number of anilines is 1. The third-order valence-corrected chi connectivity index (χ3v) is 5.36. The van der Waals surface area contributed by atoms with Crippen molar-refractivity contribution >= 4 is 51.1 Å².